The number of rotatable bonds is 5. The van der Waals surface area contributed by atoms with Gasteiger partial charge in [-0.25, -0.2) is 9.78 Å². The summed E-state index contributed by atoms with van der Waals surface area (Å²) in [6, 6.07) is 3.16. The van der Waals surface area contributed by atoms with Gasteiger partial charge in [0.2, 0.25) is 5.91 Å². The number of amides is 1. The van der Waals surface area contributed by atoms with Gasteiger partial charge in [0.15, 0.2) is 10.8 Å². The van der Waals surface area contributed by atoms with Gasteiger partial charge in [-0.3, -0.25) is 14.2 Å². The fourth-order valence-corrected chi connectivity index (χ4v) is 2.66. The van der Waals surface area contributed by atoms with Crippen LogP contribution in [0.4, 0.5) is 5.13 Å². The fourth-order valence-electron chi connectivity index (χ4n) is 1.94. The molecule has 0 aromatic carbocycles. The van der Waals surface area contributed by atoms with Crippen molar-refractivity contribution in [2.45, 2.75) is 6.54 Å². The lowest BCUT2D eigenvalue weighted by atomic mass is 10.3. The van der Waals surface area contributed by atoms with Crippen LogP contribution in [-0.4, -0.2) is 41.5 Å². The number of carboxylic acid groups (broad SMARTS) is 1. The van der Waals surface area contributed by atoms with Crippen LogP contribution in [0.2, 0.25) is 0 Å². The minimum atomic E-state index is -1.13. The molecule has 0 aliphatic rings. The van der Waals surface area contributed by atoms with Crippen LogP contribution in [0.15, 0.2) is 29.9 Å². The van der Waals surface area contributed by atoms with Gasteiger partial charge in [-0.15, -0.1) is 11.3 Å². The maximum Gasteiger partial charge on any atom is 0.356 e. The topological polar surface area (TPSA) is 115 Å². The van der Waals surface area contributed by atoms with E-state index in [9.17, 15) is 9.59 Å². The molecule has 0 saturated heterocycles. The summed E-state index contributed by atoms with van der Waals surface area (Å²) >= 11 is 1.30. The van der Waals surface area contributed by atoms with E-state index in [1.165, 1.54) is 28.3 Å². The minimum absolute atomic E-state index is 0.0894. The predicted molar refractivity (Wildman–Crippen MR) is 82.1 cm³/mol. The highest BCUT2D eigenvalue weighted by Crippen LogP contribution is 2.24. The van der Waals surface area contributed by atoms with Crippen molar-refractivity contribution in [2.24, 2.45) is 7.05 Å². The number of nitrogens with one attached hydrogen (secondary N) is 1. The second-order valence-corrected chi connectivity index (χ2v) is 5.49. The van der Waals surface area contributed by atoms with Crippen molar-refractivity contribution >= 4 is 28.3 Å². The molecule has 3 aromatic rings. The molecule has 3 rings (SSSR count). The minimum Gasteiger partial charge on any atom is -0.476 e. The maximum absolute atomic E-state index is 12.0. The molecule has 0 aliphatic heterocycles. The van der Waals surface area contributed by atoms with Crippen molar-refractivity contribution in [3.63, 3.8) is 0 Å². The molecule has 0 saturated carbocycles. The zero-order valence-corrected chi connectivity index (χ0v) is 12.8. The number of aromatic nitrogens is 5. The quantitative estimate of drug-likeness (QED) is 0.722. The van der Waals surface area contributed by atoms with E-state index in [4.69, 9.17) is 5.11 Å². The van der Waals surface area contributed by atoms with Crippen molar-refractivity contribution < 1.29 is 14.7 Å². The van der Waals surface area contributed by atoms with Crippen LogP contribution in [0.25, 0.3) is 11.4 Å². The van der Waals surface area contributed by atoms with Gasteiger partial charge in [-0.1, -0.05) is 0 Å². The zero-order valence-electron chi connectivity index (χ0n) is 12.0. The van der Waals surface area contributed by atoms with Gasteiger partial charge >= 0.3 is 5.97 Å². The molecule has 3 aromatic heterocycles. The number of carbonyl (C=O) groups excluding carboxylic acids is 1. The molecule has 0 aliphatic carbocycles. The van der Waals surface area contributed by atoms with Crippen molar-refractivity contribution in [3.8, 4) is 11.4 Å². The van der Waals surface area contributed by atoms with Crippen LogP contribution in [0.3, 0.4) is 0 Å². The van der Waals surface area contributed by atoms with E-state index in [1.54, 1.807) is 10.9 Å². The van der Waals surface area contributed by atoms with E-state index in [-0.39, 0.29) is 18.1 Å². The molecule has 3 heterocycles. The summed E-state index contributed by atoms with van der Waals surface area (Å²) < 4.78 is 2.95. The van der Waals surface area contributed by atoms with Crippen molar-refractivity contribution in [1.82, 2.24) is 24.5 Å². The van der Waals surface area contributed by atoms with Crippen LogP contribution in [-0.2, 0) is 18.4 Å². The van der Waals surface area contributed by atoms with Gasteiger partial charge < -0.3 is 10.4 Å². The molecular formula is C13H12N6O3S. The van der Waals surface area contributed by atoms with E-state index in [1.807, 2.05) is 18.5 Å². The molecule has 0 unspecified atom stereocenters. The highest BCUT2D eigenvalue weighted by atomic mass is 32.1. The summed E-state index contributed by atoms with van der Waals surface area (Å²) in [5.41, 5.74) is 1.46. The summed E-state index contributed by atoms with van der Waals surface area (Å²) in [6.45, 7) is -0.0894. The largest absolute Gasteiger partial charge is 0.476 e. The first-order chi connectivity index (χ1) is 11.0. The standard InChI is InChI=1S/C13H12N6O3S/c1-18-10(2-4-14-18)9-7-23-13(15-9)16-11(20)6-19-5-3-8(17-19)12(21)22/h2-5,7H,6H2,1H3,(H,21,22)(H,15,16,20). The number of hydrogen-bond donors (Lipinski definition) is 2. The first-order valence-corrected chi connectivity index (χ1v) is 7.41. The molecule has 0 spiro atoms. The van der Waals surface area contributed by atoms with E-state index in [0.717, 1.165) is 11.4 Å². The Hall–Kier alpha value is -3.01. The molecule has 118 valence electrons. The van der Waals surface area contributed by atoms with Crippen LogP contribution in [0, 0.1) is 0 Å². The fraction of sp³-hybridized carbons (Fsp3) is 0.154. The zero-order chi connectivity index (χ0) is 16.4. The SMILES string of the molecule is Cn1nccc1-c1csc(NC(=O)Cn2ccc(C(=O)O)n2)n1. The van der Waals surface area contributed by atoms with E-state index >= 15 is 0 Å². The Morgan fingerprint density at radius 2 is 2.22 bits per heavy atom. The first-order valence-electron chi connectivity index (χ1n) is 6.53. The van der Waals surface area contributed by atoms with E-state index in [2.05, 4.69) is 20.5 Å². The molecular weight excluding hydrogens is 320 g/mol. The Balaban J connectivity index is 1.65. The van der Waals surface area contributed by atoms with Gasteiger partial charge in [0.05, 0.1) is 5.69 Å². The van der Waals surface area contributed by atoms with E-state index < -0.39 is 5.97 Å². The third kappa shape index (κ3) is 3.26. The van der Waals surface area contributed by atoms with Gasteiger partial charge in [-0.2, -0.15) is 10.2 Å². The highest BCUT2D eigenvalue weighted by Gasteiger charge is 2.12. The molecule has 23 heavy (non-hydrogen) atoms. The number of thiazole rings is 1. The number of anilines is 1. The summed E-state index contributed by atoms with van der Waals surface area (Å²) in [5, 5.41) is 21.6. The average molecular weight is 332 g/mol. The monoisotopic (exact) mass is 332 g/mol. The molecule has 1 amide bonds. The first kappa shape index (κ1) is 14.9. The lowest BCUT2D eigenvalue weighted by Gasteiger charge is -2.01. The van der Waals surface area contributed by atoms with Crippen molar-refractivity contribution in [1.29, 1.82) is 0 Å². The predicted octanol–water partition coefficient (Wildman–Crippen LogP) is 1.08. The van der Waals surface area contributed by atoms with Crippen LogP contribution in [0.1, 0.15) is 10.5 Å². The van der Waals surface area contributed by atoms with Crippen molar-refractivity contribution in [2.75, 3.05) is 5.32 Å². The molecule has 2 N–H and O–H groups in total. The number of nitrogens with zero attached hydrogens (tertiary/aromatic N) is 5. The van der Waals surface area contributed by atoms with Crippen LogP contribution < -0.4 is 5.32 Å². The van der Waals surface area contributed by atoms with Gasteiger partial charge in [0.25, 0.3) is 0 Å². The van der Waals surface area contributed by atoms with E-state index in [0.29, 0.717) is 5.13 Å². The summed E-state index contributed by atoms with van der Waals surface area (Å²) in [6.07, 6.45) is 3.11. The molecule has 0 atom stereocenters. The molecule has 10 heteroatoms. The molecule has 0 fully saturated rings. The Bertz CT molecular complexity index is 865. The molecule has 0 radical (unpaired) electrons. The average Bonchev–Trinajstić information content (AvgIpc) is 3.19. The third-order valence-electron chi connectivity index (χ3n) is 3.00. The lowest BCUT2D eigenvalue weighted by Crippen LogP contribution is -2.19. The lowest BCUT2D eigenvalue weighted by molar-refractivity contribution is -0.116. The van der Waals surface area contributed by atoms with Crippen LogP contribution >= 0.6 is 11.3 Å². The third-order valence-corrected chi connectivity index (χ3v) is 3.76. The summed E-state index contributed by atoms with van der Waals surface area (Å²) in [7, 11) is 1.81. The Kier molecular flexibility index (Phi) is 3.89. The normalized spacial score (nSPS) is 10.7. The van der Waals surface area contributed by atoms with Crippen molar-refractivity contribution in [3.05, 3.63) is 35.6 Å². The number of hydrogen-bond acceptors (Lipinski definition) is 6. The van der Waals surface area contributed by atoms with Gasteiger partial charge in [0, 0.05) is 24.8 Å². The number of carboxylic acids is 1. The van der Waals surface area contributed by atoms with Crippen LogP contribution in [0.5, 0.6) is 0 Å². The molecule has 0 bridgehead atoms. The summed E-state index contributed by atoms with van der Waals surface area (Å²) in [5.74, 6) is -1.47. The van der Waals surface area contributed by atoms with Gasteiger partial charge in [0.1, 0.15) is 12.2 Å². The second-order valence-electron chi connectivity index (χ2n) is 4.63. The summed E-state index contributed by atoms with van der Waals surface area (Å²) in [4.78, 5) is 27.0. The Morgan fingerprint density at radius 1 is 1.39 bits per heavy atom. The number of carbonyl (C=O) groups is 2. The Morgan fingerprint density at radius 3 is 2.87 bits per heavy atom. The number of aryl methyl sites for hydroxylation is 1. The second kappa shape index (κ2) is 6.01. The maximum atomic E-state index is 12.0. The number of aromatic carboxylic acids is 1. The van der Waals surface area contributed by atoms with Gasteiger partial charge in [-0.05, 0) is 12.1 Å². The smallest absolute Gasteiger partial charge is 0.356 e. The molecule has 9 nitrogen and oxygen atoms in total. The Labute approximate surface area is 134 Å². The highest BCUT2D eigenvalue weighted by molar-refractivity contribution is 7.14.